The summed E-state index contributed by atoms with van der Waals surface area (Å²) in [6.07, 6.45) is 0. The fraction of sp³-hybridized carbons (Fsp3) is 0.111. The van der Waals surface area contributed by atoms with Crippen molar-refractivity contribution in [1.29, 1.82) is 0 Å². The summed E-state index contributed by atoms with van der Waals surface area (Å²) in [7, 11) is 0. The second-order valence-electron chi connectivity index (χ2n) is 2.76. The topological polar surface area (TPSA) is 58.2 Å². The number of halogens is 3. The Hall–Kier alpha value is -0.780. The summed E-state index contributed by atoms with van der Waals surface area (Å²) in [6, 6.07) is 4.28. The van der Waals surface area contributed by atoms with Gasteiger partial charge >= 0.3 is 6.03 Å². The van der Waals surface area contributed by atoms with Gasteiger partial charge in [0.1, 0.15) is 5.88 Å². The molecule has 3 amide bonds. The van der Waals surface area contributed by atoms with Gasteiger partial charge in [0.15, 0.2) is 0 Å². The molecule has 4 nitrogen and oxygen atoms in total. The molecule has 7 heteroatoms. The standard InChI is InChI=1S/C9H7BrCl2N2O2/c10-5-1-2-7(6(12)3-5)13-9(16)14-8(15)4-11/h1-3H,4H2,(H2,13,14,15,16). The zero-order chi connectivity index (χ0) is 12.1. The van der Waals surface area contributed by atoms with Crippen molar-refractivity contribution in [3.05, 3.63) is 27.7 Å². The van der Waals surface area contributed by atoms with Crippen molar-refractivity contribution in [2.24, 2.45) is 0 Å². The molecule has 0 fully saturated rings. The van der Waals surface area contributed by atoms with Gasteiger partial charge in [0.05, 0.1) is 10.7 Å². The highest BCUT2D eigenvalue weighted by molar-refractivity contribution is 9.10. The van der Waals surface area contributed by atoms with Crippen LogP contribution in [-0.2, 0) is 4.79 Å². The molecule has 0 atom stereocenters. The first-order valence-corrected chi connectivity index (χ1v) is 5.85. The monoisotopic (exact) mass is 324 g/mol. The normalized spacial score (nSPS) is 9.69. The zero-order valence-electron chi connectivity index (χ0n) is 7.89. The fourth-order valence-corrected chi connectivity index (χ4v) is 1.69. The lowest BCUT2D eigenvalue weighted by Crippen LogP contribution is -2.35. The predicted molar refractivity (Wildman–Crippen MR) is 67.0 cm³/mol. The van der Waals surface area contributed by atoms with E-state index in [2.05, 4.69) is 21.2 Å². The molecule has 0 bridgehead atoms. The van der Waals surface area contributed by atoms with Crippen molar-refractivity contribution in [2.45, 2.75) is 0 Å². The molecule has 0 aliphatic carbocycles. The van der Waals surface area contributed by atoms with Crippen LogP contribution < -0.4 is 10.6 Å². The molecule has 86 valence electrons. The minimum atomic E-state index is -0.671. The van der Waals surface area contributed by atoms with Crippen LogP contribution in [0.25, 0.3) is 0 Å². The lowest BCUT2D eigenvalue weighted by atomic mass is 10.3. The van der Waals surface area contributed by atoms with Gasteiger partial charge in [-0.3, -0.25) is 10.1 Å². The van der Waals surface area contributed by atoms with E-state index in [-0.39, 0.29) is 5.88 Å². The van der Waals surface area contributed by atoms with Gasteiger partial charge in [0.2, 0.25) is 5.91 Å². The van der Waals surface area contributed by atoms with E-state index in [0.29, 0.717) is 10.7 Å². The van der Waals surface area contributed by atoms with Crippen LogP contribution in [0.1, 0.15) is 0 Å². The number of hydrogen-bond donors (Lipinski definition) is 2. The number of carbonyl (C=O) groups is 2. The Morgan fingerprint density at radius 3 is 2.62 bits per heavy atom. The molecule has 0 spiro atoms. The SMILES string of the molecule is O=C(CCl)NC(=O)Nc1ccc(Br)cc1Cl. The van der Waals surface area contributed by atoms with Gasteiger partial charge in [-0.15, -0.1) is 11.6 Å². The van der Waals surface area contributed by atoms with Crippen LogP contribution in [0.5, 0.6) is 0 Å². The van der Waals surface area contributed by atoms with Crippen molar-refractivity contribution in [2.75, 3.05) is 11.2 Å². The molecule has 0 aliphatic heterocycles. The van der Waals surface area contributed by atoms with Crippen LogP contribution in [0.3, 0.4) is 0 Å². The highest BCUT2D eigenvalue weighted by Gasteiger charge is 2.08. The maximum Gasteiger partial charge on any atom is 0.325 e. The van der Waals surface area contributed by atoms with Crippen molar-refractivity contribution >= 4 is 56.8 Å². The fourth-order valence-electron chi connectivity index (χ4n) is 0.904. The van der Waals surface area contributed by atoms with Gasteiger partial charge in [-0.05, 0) is 18.2 Å². The van der Waals surface area contributed by atoms with Crippen LogP contribution in [-0.4, -0.2) is 17.8 Å². The van der Waals surface area contributed by atoms with Gasteiger partial charge in [-0.1, -0.05) is 27.5 Å². The summed E-state index contributed by atoms with van der Waals surface area (Å²) in [5.41, 5.74) is 0.407. The number of amides is 3. The Morgan fingerprint density at radius 1 is 1.38 bits per heavy atom. The minimum Gasteiger partial charge on any atom is -0.306 e. The molecule has 0 heterocycles. The van der Waals surface area contributed by atoms with Crippen LogP contribution in [0.4, 0.5) is 10.5 Å². The molecule has 0 saturated heterocycles. The highest BCUT2D eigenvalue weighted by atomic mass is 79.9. The van der Waals surface area contributed by atoms with Crippen LogP contribution in [0.15, 0.2) is 22.7 Å². The van der Waals surface area contributed by atoms with E-state index in [1.807, 2.05) is 5.32 Å². The van der Waals surface area contributed by atoms with E-state index in [1.165, 1.54) is 0 Å². The first-order chi connectivity index (χ1) is 7.52. The maximum atomic E-state index is 11.2. The minimum absolute atomic E-state index is 0.276. The number of benzene rings is 1. The summed E-state index contributed by atoms with van der Waals surface area (Å²) in [5, 5.41) is 4.81. The number of carbonyl (C=O) groups excluding carboxylic acids is 2. The Balaban J connectivity index is 2.66. The third kappa shape index (κ3) is 4.00. The van der Waals surface area contributed by atoms with Gasteiger partial charge in [-0.25, -0.2) is 4.79 Å². The second kappa shape index (κ2) is 6.08. The molecule has 2 N–H and O–H groups in total. The first-order valence-electron chi connectivity index (χ1n) is 4.15. The molecule has 1 aromatic rings. The molecular formula is C9H7BrCl2N2O2. The third-order valence-electron chi connectivity index (χ3n) is 1.55. The van der Waals surface area contributed by atoms with Crippen molar-refractivity contribution in [1.82, 2.24) is 5.32 Å². The van der Waals surface area contributed by atoms with E-state index in [9.17, 15) is 9.59 Å². The molecule has 0 unspecified atom stereocenters. The highest BCUT2D eigenvalue weighted by Crippen LogP contribution is 2.25. The van der Waals surface area contributed by atoms with E-state index >= 15 is 0 Å². The average Bonchev–Trinajstić information content (AvgIpc) is 2.22. The number of imide groups is 1. The number of anilines is 1. The van der Waals surface area contributed by atoms with Crippen LogP contribution in [0, 0.1) is 0 Å². The van der Waals surface area contributed by atoms with Gasteiger partial charge < -0.3 is 5.32 Å². The van der Waals surface area contributed by atoms with Gasteiger partial charge in [0.25, 0.3) is 0 Å². The molecule has 0 aliphatic rings. The van der Waals surface area contributed by atoms with E-state index in [4.69, 9.17) is 23.2 Å². The predicted octanol–water partition coefficient (Wildman–Crippen LogP) is 2.99. The number of nitrogens with one attached hydrogen (secondary N) is 2. The van der Waals surface area contributed by atoms with E-state index in [0.717, 1.165) is 4.47 Å². The van der Waals surface area contributed by atoms with Crippen molar-refractivity contribution < 1.29 is 9.59 Å². The van der Waals surface area contributed by atoms with Crippen LogP contribution >= 0.6 is 39.1 Å². The number of alkyl halides is 1. The molecule has 1 aromatic carbocycles. The van der Waals surface area contributed by atoms with Crippen molar-refractivity contribution in [3.63, 3.8) is 0 Å². The quantitative estimate of drug-likeness (QED) is 0.821. The molecule has 0 radical (unpaired) electrons. The Kier molecular flexibility index (Phi) is 5.05. The zero-order valence-corrected chi connectivity index (χ0v) is 11.0. The Labute approximate surface area is 110 Å². The maximum absolute atomic E-state index is 11.2. The number of hydrogen-bond acceptors (Lipinski definition) is 2. The summed E-state index contributed by atoms with van der Waals surface area (Å²) < 4.78 is 0.792. The summed E-state index contributed by atoms with van der Waals surface area (Å²) in [4.78, 5) is 22.1. The number of urea groups is 1. The average molecular weight is 326 g/mol. The van der Waals surface area contributed by atoms with E-state index in [1.54, 1.807) is 18.2 Å². The molecular weight excluding hydrogens is 319 g/mol. The second-order valence-corrected chi connectivity index (χ2v) is 4.35. The Bertz CT molecular complexity index is 426. The van der Waals surface area contributed by atoms with Gasteiger partial charge in [0, 0.05) is 4.47 Å². The molecule has 1 rings (SSSR count). The summed E-state index contributed by atoms with van der Waals surface area (Å²) in [6.45, 7) is 0. The van der Waals surface area contributed by atoms with Crippen molar-refractivity contribution in [3.8, 4) is 0 Å². The molecule has 16 heavy (non-hydrogen) atoms. The molecule has 0 aromatic heterocycles. The summed E-state index contributed by atoms with van der Waals surface area (Å²) in [5.74, 6) is -0.853. The third-order valence-corrected chi connectivity index (χ3v) is 2.60. The largest absolute Gasteiger partial charge is 0.325 e. The first kappa shape index (κ1) is 13.3. The smallest absolute Gasteiger partial charge is 0.306 e. The van der Waals surface area contributed by atoms with Crippen LogP contribution in [0.2, 0.25) is 5.02 Å². The lowest BCUT2D eigenvalue weighted by molar-refractivity contribution is -0.117. The lowest BCUT2D eigenvalue weighted by Gasteiger charge is -2.07. The number of rotatable bonds is 2. The van der Waals surface area contributed by atoms with Gasteiger partial charge in [-0.2, -0.15) is 0 Å². The Morgan fingerprint density at radius 2 is 2.06 bits per heavy atom. The summed E-state index contributed by atoms with van der Waals surface area (Å²) >= 11 is 14.3. The van der Waals surface area contributed by atoms with E-state index < -0.39 is 11.9 Å². The molecule has 0 saturated carbocycles.